The number of carbonyl (C=O) groups is 2. The maximum Gasteiger partial charge on any atom is 0.292 e. The van der Waals surface area contributed by atoms with Gasteiger partial charge < -0.3 is 10.6 Å². The molecule has 6 nitrogen and oxygen atoms in total. The first-order valence-electron chi connectivity index (χ1n) is 9.66. The lowest BCUT2D eigenvalue weighted by atomic mass is 10.1. The van der Waals surface area contributed by atoms with Crippen LogP contribution < -0.4 is 10.6 Å². The smallest absolute Gasteiger partial charge is 0.292 e. The zero-order valence-corrected chi connectivity index (χ0v) is 17.1. The average molecular weight is 398 g/mol. The van der Waals surface area contributed by atoms with Crippen LogP contribution in [0.5, 0.6) is 0 Å². The van der Waals surface area contributed by atoms with E-state index in [4.69, 9.17) is 0 Å². The molecular formula is C24H22N4O2. The van der Waals surface area contributed by atoms with Crippen LogP contribution in [0.2, 0.25) is 0 Å². The lowest BCUT2D eigenvalue weighted by Gasteiger charge is -2.09. The summed E-state index contributed by atoms with van der Waals surface area (Å²) in [6.45, 7) is 5.93. The van der Waals surface area contributed by atoms with Crippen molar-refractivity contribution in [3.05, 3.63) is 95.1 Å². The van der Waals surface area contributed by atoms with Crippen LogP contribution in [0.1, 0.15) is 37.8 Å². The summed E-state index contributed by atoms with van der Waals surface area (Å²) in [5.41, 5.74) is 5.33. The molecule has 150 valence electrons. The molecule has 2 aromatic heterocycles. The van der Waals surface area contributed by atoms with Crippen LogP contribution in [-0.2, 0) is 0 Å². The quantitative estimate of drug-likeness (QED) is 0.520. The van der Waals surface area contributed by atoms with Crippen molar-refractivity contribution >= 4 is 28.7 Å². The van der Waals surface area contributed by atoms with Crippen LogP contribution in [-0.4, -0.2) is 21.2 Å². The molecule has 6 heteroatoms. The van der Waals surface area contributed by atoms with Gasteiger partial charge in [0.2, 0.25) is 5.82 Å². The van der Waals surface area contributed by atoms with Gasteiger partial charge in [0.05, 0.1) is 5.52 Å². The van der Waals surface area contributed by atoms with E-state index in [1.165, 1.54) is 0 Å². The molecule has 2 aromatic carbocycles. The molecule has 0 unspecified atom stereocenters. The summed E-state index contributed by atoms with van der Waals surface area (Å²) in [7, 11) is 0. The van der Waals surface area contributed by atoms with Crippen molar-refractivity contribution in [1.82, 2.24) is 9.38 Å². The summed E-state index contributed by atoms with van der Waals surface area (Å²) in [6, 6.07) is 18.6. The monoisotopic (exact) mass is 398 g/mol. The van der Waals surface area contributed by atoms with Gasteiger partial charge in [-0.05, 0) is 62.2 Å². The molecule has 0 spiro atoms. The summed E-state index contributed by atoms with van der Waals surface area (Å²) in [5, 5.41) is 5.76. The Balaban J connectivity index is 1.68. The number of imidazole rings is 1. The third-order valence-electron chi connectivity index (χ3n) is 5.13. The normalized spacial score (nSPS) is 10.8. The molecule has 2 heterocycles. The van der Waals surface area contributed by atoms with Gasteiger partial charge in [-0.1, -0.05) is 35.9 Å². The number of nitrogens with zero attached hydrogens (tertiary/aromatic N) is 2. The van der Waals surface area contributed by atoms with Gasteiger partial charge in [0, 0.05) is 17.6 Å². The molecular weight excluding hydrogens is 376 g/mol. The molecule has 2 N–H and O–H groups in total. The molecule has 2 amide bonds. The Morgan fingerprint density at radius 2 is 1.60 bits per heavy atom. The van der Waals surface area contributed by atoms with Crippen molar-refractivity contribution < 1.29 is 9.59 Å². The molecule has 4 aromatic rings. The highest BCUT2D eigenvalue weighted by Crippen LogP contribution is 2.21. The predicted molar refractivity (Wildman–Crippen MR) is 118 cm³/mol. The molecule has 4 rings (SSSR count). The maximum atomic E-state index is 13.0. The van der Waals surface area contributed by atoms with Gasteiger partial charge in [-0.2, -0.15) is 0 Å². The number of aryl methyl sites for hydroxylation is 2. The van der Waals surface area contributed by atoms with Crippen LogP contribution in [0.15, 0.2) is 66.9 Å². The van der Waals surface area contributed by atoms with Gasteiger partial charge in [0.25, 0.3) is 11.8 Å². The molecule has 0 aliphatic rings. The Kier molecular flexibility index (Phi) is 5.06. The fourth-order valence-electron chi connectivity index (χ4n) is 3.26. The number of fused-ring (bicyclic) bond motifs is 1. The molecule has 0 aliphatic heterocycles. The molecule has 30 heavy (non-hydrogen) atoms. The number of amides is 2. The fourth-order valence-corrected chi connectivity index (χ4v) is 3.26. The first kappa shape index (κ1) is 19.4. The Bertz CT molecular complexity index is 1260. The fraction of sp³-hybridized carbons (Fsp3) is 0.125. The minimum absolute atomic E-state index is 0.150. The second kappa shape index (κ2) is 7.83. The van der Waals surface area contributed by atoms with Gasteiger partial charge in [-0.3, -0.25) is 14.0 Å². The molecule has 0 fully saturated rings. The van der Waals surface area contributed by atoms with E-state index in [0.717, 1.165) is 22.4 Å². The van der Waals surface area contributed by atoms with E-state index >= 15 is 0 Å². The second-order valence-corrected chi connectivity index (χ2v) is 7.26. The molecule has 0 saturated carbocycles. The van der Waals surface area contributed by atoms with Gasteiger partial charge in [0.1, 0.15) is 0 Å². The van der Waals surface area contributed by atoms with Crippen molar-refractivity contribution in [1.29, 1.82) is 0 Å². The number of nitrogens with one attached hydrogen (secondary N) is 2. The van der Waals surface area contributed by atoms with Crippen LogP contribution in [0.4, 0.5) is 11.4 Å². The van der Waals surface area contributed by atoms with E-state index in [0.29, 0.717) is 11.2 Å². The van der Waals surface area contributed by atoms with Gasteiger partial charge in [-0.15, -0.1) is 0 Å². The van der Waals surface area contributed by atoms with E-state index in [9.17, 15) is 9.59 Å². The number of hydrogen-bond acceptors (Lipinski definition) is 3. The number of carbonyl (C=O) groups excluding carboxylic acids is 2. The summed E-state index contributed by atoms with van der Waals surface area (Å²) < 4.78 is 1.63. The van der Waals surface area contributed by atoms with Crippen molar-refractivity contribution in [3.63, 3.8) is 0 Å². The average Bonchev–Trinajstić information content (AvgIpc) is 3.13. The van der Waals surface area contributed by atoms with Crippen LogP contribution in [0.25, 0.3) is 5.52 Å². The van der Waals surface area contributed by atoms with Gasteiger partial charge in [-0.25, -0.2) is 4.98 Å². The number of benzene rings is 2. The van der Waals surface area contributed by atoms with E-state index < -0.39 is 0 Å². The molecule has 0 aliphatic carbocycles. The maximum absolute atomic E-state index is 13.0. The Hall–Kier alpha value is -3.93. The lowest BCUT2D eigenvalue weighted by molar-refractivity contribution is 0.101. The minimum Gasteiger partial charge on any atom is -0.320 e. The minimum atomic E-state index is -0.383. The summed E-state index contributed by atoms with van der Waals surface area (Å²) in [4.78, 5) is 30.3. The van der Waals surface area contributed by atoms with Gasteiger partial charge >= 0.3 is 0 Å². The van der Waals surface area contributed by atoms with Crippen LogP contribution >= 0.6 is 0 Å². The van der Waals surface area contributed by atoms with E-state index in [1.54, 1.807) is 22.7 Å². The third kappa shape index (κ3) is 3.67. The van der Waals surface area contributed by atoms with Crippen molar-refractivity contribution in [2.75, 3.05) is 10.6 Å². The SMILES string of the molecule is Cc1ccc(NC(=O)c2nc(C(=O)Nc3cccc(C)c3C)c3ccccn23)cc1. The number of aromatic nitrogens is 2. The van der Waals surface area contributed by atoms with Crippen molar-refractivity contribution in [3.8, 4) is 0 Å². The zero-order valence-electron chi connectivity index (χ0n) is 17.1. The van der Waals surface area contributed by atoms with Crippen LogP contribution in [0, 0.1) is 20.8 Å². The Labute approximate surface area is 174 Å². The Morgan fingerprint density at radius 3 is 2.37 bits per heavy atom. The number of hydrogen-bond donors (Lipinski definition) is 2. The highest BCUT2D eigenvalue weighted by atomic mass is 16.2. The first-order valence-corrected chi connectivity index (χ1v) is 9.66. The number of anilines is 2. The topological polar surface area (TPSA) is 75.5 Å². The lowest BCUT2D eigenvalue weighted by Crippen LogP contribution is -2.16. The zero-order chi connectivity index (χ0) is 21.3. The molecule has 0 radical (unpaired) electrons. The second-order valence-electron chi connectivity index (χ2n) is 7.26. The van der Waals surface area contributed by atoms with Gasteiger partial charge in [0.15, 0.2) is 5.69 Å². The first-order chi connectivity index (χ1) is 14.4. The van der Waals surface area contributed by atoms with E-state index in [1.807, 2.05) is 69.3 Å². The molecule has 0 atom stereocenters. The number of pyridine rings is 1. The number of rotatable bonds is 4. The summed E-state index contributed by atoms with van der Waals surface area (Å²) in [5.74, 6) is -0.593. The molecule has 0 bridgehead atoms. The third-order valence-corrected chi connectivity index (χ3v) is 5.13. The van der Waals surface area contributed by atoms with E-state index in [-0.39, 0.29) is 23.3 Å². The molecule has 0 saturated heterocycles. The predicted octanol–water partition coefficient (Wildman–Crippen LogP) is 4.76. The van der Waals surface area contributed by atoms with Crippen molar-refractivity contribution in [2.24, 2.45) is 0 Å². The van der Waals surface area contributed by atoms with Crippen LogP contribution in [0.3, 0.4) is 0 Å². The van der Waals surface area contributed by atoms with E-state index in [2.05, 4.69) is 15.6 Å². The standard InChI is InChI=1S/C24H22N4O2/c1-15-10-12-18(13-11-15)25-24(30)22-27-21(20-9-4-5-14-28(20)22)23(29)26-19-8-6-7-16(2)17(19)3/h4-14H,1-3H3,(H,25,30)(H,26,29). The Morgan fingerprint density at radius 1 is 0.833 bits per heavy atom. The van der Waals surface area contributed by atoms with Crippen molar-refractivity contribution in [2.45, 2.75) is 20.8 Å². The summed E-state index contributed by atoms with van der Waals surface area (Å²) >= 11 is 0. The highest BCUT2D eigenvalue weighted by Gasteiger charge is 2.22. The highest BCUT2D eigenvalue weighted by molar-refractivity contribution is 6.10. The largest absolute Gasteiger partial charge is 0.320 e. The summed E-state index contributed by atoms with van der Waals surface area (Å²) in [6.07, 6.45) is 1.72.